The monoisotopic (exact) mass is 267 g/mol. The van der Waals surface area contributed by atoms with E-state index in [1.807, 2.05) is 0 Å². The Morgan fingerprint density at radius 1 is 1.47 bits per heavy atom. The second kappa shape index (κ2) is 7.74. The number of hydrogen-bond acceptors (Lipinski definition) is 3. The Hall–Kier alpha value is -1.62. The van der Waals surface area contributed by atoms with Crippen LogP contribution in [0.5, 0.6) is 0 Å². The molecular weight excluding hydrogens is 245 g/mol. The molecule has 0 aromatic heterocycles. The van der Waals surface area contributed by atoms with E-state index in [-0.39, 0.29) is 11.4 Å². The predicted octanol–water partition coefficient (Wildman–Crippen LogP) is 2.59. The lowest BCUT2D eigenvalue weighted by Gasteiger charge is -2.16. The number of nitrogens with one attached hydrogen (secondary N) is 1. The molecule has 0 saturated carbocycles. The van der Waals surface area contributed by atoms with Gasteiger partial charge in [0.25, 0.3) is 0 Å². The Balaban J connectivity index is 2.79. The van der Waals surface area contributed by atoms with E-state index in [4.69, 9.17) is 10.9 Å². The molecule has 0 heterocycles. The highest BCUT2D eigenvalue weighted by Gasteiger charge is 2.12. The van der Waals surface area contributed by atoms with Crippen LogP contribution in [0.2, 0.25) is 0 Å². The Morgan fingerprint density at radius 2 is 2.21 bits per heavy atom. The molecule has 1 atom stereocenters. The Labute approximate surface area is 113 Å². The smallest absolute Gasteiger partial charge is 0.173 e. The number of nitrogens with two attached hydrogens (primary N) is 1. The van der Waals surface area contributed by atoms with Crippen LogP contribution in [-0.4, -0.2) is 17.1 Å². The van der Waals surface area contributed by atoms with E-state index >= 15 is 0 Å². The topological polar surface area (TPSA) is 70.6 Å². The summed E-state index contributed by atoms with van der Waals surface area (Å²) in [7, 11) is 0. The maximum absolute atomic E-state index is 14.1. The van der Waals surface area contributed by atoms with Crippen LogP contribution in [0.3, 0.4) is 0 Å². The lowest BCUT2D eigenvalue weighted by atomic mass is 10.1. The summed E-state index contributed by atoms with van der Waals surface area (Å²) >= 11 is 0. The van der Waals surface area contributed by atoms with Crippen LogP contribution in [0.4, 0.5) is 4.39 Å². The molecule has 0 aliphatic rings. The SMILES string of the molecule is CCCC(CC)NCc1cccc(/C(N)=N/O)c1F. The molecule has 106 valence electrons. The van der Waals surface area contributed by atoms with Gasteiger partial charge in [-0.25, -0.2) is 4.39 Å². The summed E-state index contributed by atoms with van der Waals surface area (Å²) < 4.78 is 14.1. The van der Waals surface area contributed by atoms with Gasteiger partial charge < -0.3 is 16.3 Å². The molecule has 1 rings (SSSR count). The maximum Gasteiger partial charge on any atom is 0.173 e. The van der Waals surface area contributed by atoms with Gasteiger partial charge in [-0.1, -0.05) is 37.6 Å². The Bertz CT molecular complexity index is 435. The van der Waals surface area contributed by atoms with Crippen molar-refractivity contribution in [2.24, 2.45) is 10.9 Å². The first-order valence-corrected chi connectivity index (χ1v) is 6.62. The first kappa shape index (κ1) is 15.4. The van der Waals surface area contributed by atoms with Crippen LogP contribution in [0, 0.1) is 5.82 Å². The molecule has 1 aromatic rings. The van der Waals surface area contributed by atoms with Gasteiger partial charge in [-0.15, -0.1) is 0 Å². The van der Waals surface area contributed by atoms with Crippen molar-refractivity contribution in [1.82, 2.24) is 5.32 Å². The summed E-state index contributed by atoms with van der Waals surface area (Å²) in [4.78, 5) is 0. The fourth-order valence-electron chi connectivity index (χ4n) is 2.02. The van der Waals surface area contributed by atoms with E-state index in [2.05, 4.69) is 24.3 Å². The van der Waals surface area contributed by atoms with Crippen LogP contribution in [0.25, 0.3) is 0 Å². The Morgan fingerprint density at radius 3 is 2.79 bits per heavy atom. The lowest BCUT2D eigenvalue weighted by Crippen LogP contribution is -2.28. The largest absolute Gasteiger partial charge is 0.409 e. The predicted molar refractivity (Wildman–Crippen MR) is 74.7 cm³/mol. The minimum absolute atomic E-state index is 0.130. The van der Waals surface area contributed by atoms with Crippen molar-refractivity contribution in [3.05, 3.63) is 35.1 Å². The standard InChI is InChI=1S/C14H22FN3O/c1-3-6-11(4-2)17-9-10-7-5-8-12(13(10)15)14(16)18-19/h5,7-8,11,17,19H,3-4,6,9H2,1-2H3,(H2,16,18). The normalized spacial score (nSPS) is 13.5. The molecule has 0 spiro atoms. The third kappa shape index (κ3) is 4.21. The molecule has 19 heavy (non-hydrogen) atoms. The number of rotatable bonds is 7. The lowest BCUT2D eigenvalue weighted by molar-refractivity contribution is 0.318. The van der Waals surface area contributed by atoms with Gasteiger partial charge in [0.05, 0.1) is 5.56 Å². The third-order valence-electron chi connectivity index (χ3n) is 3.17. The first-order chi connectivity index (χ1) is 9.13. The molecule has 0 radical (unpaired) electrons. The third-order valence-corrected chi connectivity index (χ3v) is 3.17. The van der Waals surface area contributed by atoms with Gasteiger partial charge in [-0.2, -0.15) is 0 Å². The zero-order chi connectivity index (χ0) is 14.3. The van der Waals surface area contributed by atoms with Gasteiger partial charge in [0.15, 0.2) is 5.84 Å². The maximum atomic E-state index is 14.1. The number of benzene rings is 1. The molecule has 0 aliphatic heterocycles. The number of halogens is 1. The fourth-order valence-corrected chi connectivity index (χ4v) is 2.02. The number of hydrogen-bond donors (Lipinski definition) is 3. The van der Waals surface area contributed by atoms with Crippen molar-refractivity contribution >= 4 is 5.84 Å². The van der Waals surface area contributed by atoms with Gasteiger partial charge in [0.1, 0.15) is 5.82 Å². The number of nitrogens with zero attached hydrogens (tertiary/aromatic N) is 1. The minimum Gasteiger partial charge on any atom is -0.409 e. The first-order valence-electron chi connectivity index (χ1n) is 6.62. The average Bonchev–Trinajstić information content (AvgIpc) is 2.43. The van der Waals surface area contributed by atoms with Gasteiger partial charge in [-0.3, -0.25) is 0 Å². The van der Waals surface area contributed by atoms with Crippen LogP contribution in [-0.2, 0) is 6.54 Å². The van der Waals surface area contributed by atoms with Crippen molar-refractivity contribution in [2.45, 2.75) is 45.7 Å². The van der Waals surface area contributed by atoms with E-state index in [9.17, 15) is 4.39 Å². The molecule has 4 N–H and O–H groups in total. The van der Waals surface area contributed by atoms with Gasteiger partial charge in [0.2, 0.25) is 0 Å². The zero-order valence-corrected chi connectivity index (χ0v) is 11.5. The second-order valence-corrected chi connectivity index (χ2v) is 4.54. The molecule has 0 fully saturated rings. The fraction of sp³-hybridized carbons (Fsp3) is 0.500. The number of oxime groups is 1. The van der Waals surface area contributed by atoms with Gasteiger partial charge in [-0.05, 0) is 18.9 Å². The summed E-state index contributed by atoms with van der Waals surface area (Å²) in [6.45, 7) is 4.68. The molecule has 4 nitrogen and oxygen atoms in total. The molecule has 5 heteroatoms. The second-order valence-electron chi connectivity index (χ2n) is 4.54. The van der Waals surface area contributed by atoms with Crippen LogP contribution in [0.15, 0.2) is 23.4 Å². The number of amidine groups is 1. The van der Waals surface area contributed by atoms with Crippen LogP contribution >= 0.6 is 0 Å². The van der Waals surface area contributed by atoms with Crippen molar-refractivity contribution < 1.29 is 9.60 Å². The molecule has 1 unspecified atom stereocenters. The van der Waals surface area contributed by atoms with E-state index in [1.54, 1.807) is 12.1 Å². The summed E-state index contributed by atoms with van der Waals surface area (Å²) in [6.07, 6.45) is 3.17. The van der Waals surface area contributed by atoms with E-state index in [0.717, 1.165) is 19.3 Å². The minimum atomic E-state index is -0.434. The zero-order valence-electron chi connectivity index (χ0n) is 11.5. The molecular formula is C14H22FN3O. The summed E-state index contributed by atoms with van der Waals surface area (Å²) in [6, 6.07) is 5.29. The van der Waals surface area contributed by atoms with E-state index in [0.29, 0.717) is 18.2 Å². The molecule has 0 aliphatic carbocycles. The highest BCUT2D eigenvalue weighted by Crippen LogP contribution is 2.13. The van der Waals surface area contributed by atoms with Crippen molar-refractivity contribution in [1.29, 1.82) is 0 Å². The molecule has 0 amide bonds. The Kier molecular flexibility index (Phi) is 6.29. The van der Waals surface area contributed by atoms with Crippen molar-refractivity contribution in [3.8, 4) is 0 Å². The van der Waals surface area contributed by atoms with Gasteiger partial charge >= 0.3 is 0 Å². The van der Waals surface area contributed by atoms with Crippen molar-refractivity contribution in [2.75, 3.05) is 0 Å². The highest BCUT2D eigenvalue weighted by molar-refractivity contribution is 5.97. The summed E-state index contributed by atoms with van der Waals surface area (Å²) in [5, 5.41) is 14.8. The van der Waals surface area contributed by atoms with Crippen molar-refractivity contribution in [3.63, 3.8) is 0 Å². The van der Waals surface area contributed by atoms with Gasteiger partial charge in [0, 0.05) is 18.2 Å². The van der Waals surface area contributed by atoms with Crippen LogP contribution in [0.1, 0.15) is 44.2 Å². The van der Waals surface area contributed by atoms with E-state index in [1.165, 1.54) is 6.07 Å². The average molecular weight is 267 g/mol. The van der Waals surface area contributed by atoms with Crippen LogP contribution < -0.4 is 11.1 Å². The highest BCUT2D eigenvalue weighted by atomic mass is 19.1. The van der Waals surface area contributed by atoms with E-state index < -0.39 is 5.82 Å². The molecule has 1 aromatic carbocycles. The molecule has 0 bridgehead atoms. The summed E-state index contributed by atoms with van der Waals surface area (Å²) in [5.74, 6) is -0.642. The summed E-state index contributed by atoms with van der Waals surface area (Å²) in [5.41, 5.74) is 6.09. The quantitative estimate of drug-likeness (QED) is 0.308. The molecule has 0 saturated heterocycles.